The topological polar surface area (TPSA) is 79.8 Å². The summed E-state index contributed by atoms with van der Waals surface area (Å²) < 4.78 is 5.35. The molecule has 2 rings (SSSR count). The van der Waals surface area contributed by atoms with E-state index in [9.17, 15) is 9.59 Å². The Morgan fingerprint density at radius 1 is 1.08 bits per heavy atom. The van der Waals surface area contributed by atoms with E-state index in [-0.39, 0.29) is 19.1 Å². The van der Waals surface area contributed by atoms with Crippen molar-refractivity contribution >= 4 is 24.1 Å². The van der Waals surface area contributed by atoms with Gasteiger partial charge in [0, 0.05) is 6.21 Å². The van der Waals surface area contributed by atoms with Gasteiger partial charge in [-0.2, -0.15) is 5.10 Å². The minimum atomic E-state index is -0.418. The maximum atomic E-state index is 11.7. The molecule has 0 saturated heterocycles. The Bertz CT molecular complexity index is 786. The molecule has 0 unspecified atom stereocenters. The molecule has 0 atom stereocenters. The monoisotopic (exact) mass is 351 g/mol. The summed E-state index contributed by atoms with van der Waals surface area (Å²) in [6.45, 7) is 1.61. The number of nitrogens with one attached hydrogen (secondary N) is 2. The maximum absolute atomic E-state index is 11.7. The molecule has 0 radical (unpaired) electrons. The molecule has 2 aromatic rings. The summed E-state index contributed by atoms with van der Waals surface area (Å²) in [7, 11) is 0. The third-order valence-corrected chi connectivity index (χ3v) is 3.24. The zero-order valence-corrected chi connectivity index (χ0v) is 14.5. The average molecular weight is 351 g/mol. The van der Waals surface area contributed by atoms with Crippen LogP contribution in [0.15, 0.2) is 65.8 Å². The molecule has 2 N–H and O–H groups in total. The Labute approximate surface area is 152 Å². The average Bonchev–Trinajstić information content (AvgIpc) is 2.65. The lowest BCUT2D eigenvalue weighted by Gasteiger charge is -2.07. The lowest BCUT2D eigenvalue weighted by Crippen LogP contribution is -2.37. The van der Waals surface area contributed by atoms with Crippen LogP contribution in [0.2, 0.25) is 0 Å². The molecule has 134 valence electrons. The van der Waals surface area contributed by atoms with Gasteiger partial charge >= 0.3 is 0 Å². The van der Waals surface area contributed by atoms with Crippen LogP contribution in [-0.4, -0.2) is 31.2 Å². The number of hydrogen-bond donors (Lipinski definition) is 2. The number of hydrogen-bond acceptors (Lipinski definition) is 4. The number of benzene rings is 2. The molecule has 0 aliphatic rings. The summed E-state index contributed by atoms with van der Waals surface area (Å²) in [6, 6.07) is 17.1. The predicted molar refractivity (Wildman–Crippen MR) is 102 cm³/mol. The fourth-order valence-corrected chi connectivity index (χ4v) is 1.99. The first kappa shape index (κ1) is 18.9. The van der Waals surface area contributed by atoms with Gasteiger partial charge in [-0.15, -0.1) is 0 Å². The standard InChI is InChI=1S/C20H21N3O3/c1-16-7-5-11-18(13-16)26-15-20(25)21-14-19(24)23-22-12-6-10-17-8-3-2-4-9-17/h2-13H,14-15H2,1H3,(H,21,25)(H,23,24)/b10-6+,22-12-. The van der Waals surface area contributed by atoms with Crippen molar-refractivity contribution in [2.45, 2.75) is 6.92 Å². The highest BCUT2D eigenvalue weighted by Crippen LogP contribution is 2.11. The summed E-state index contributed by atoms with van der Waals surface area (Å²) in [5, 5.41) is 6.24. The van der Waals surface area contributed by atoms with Gasteiger partial charge in [-0.05, 0) is 36.3 Å². The third-order valence-electron chi connectivity index (χ3n) is 3.24. The molecule has 6 nitrogen and oxygen atoms in total. The molecule has 0 aliphatic carbocycles. The Balaban J connectivity index is 1.62. The van der Waals surface area contributed by atoms with E-state index in [2.05, 4.69) is 15.8 Å². The van der Waals surface area contributed by atoms with Crippen molar-refractivity contribution in [1.29, 1.82) is 0 Å². The van der Waals surface area contributed by atoms with E-state index in [1.807, 2.05) is 61.5 Å². The van der Waals surface area contributed by atoms with E-state index in [0.29, 0.717) is 5.75 Å². The van der Waals surface area contributed by atoms with Crippen LogP contribution in [-0.2, 0) is 9.59 Å². The van der Waals surface area contributed by atoms with E-state index in [1.54, 1.807) is 12.1 Å². The molecule has 0 aromatic heterocycles. The van der Waals surface area contributed by atoms with Gasteiger partial charge in [-0.1, -0.05) is 48.5 Å². The first-order chi connectivity index (χ1) is 12.6. The van der Waals surface area contributed by atoms with E-state index in [4.69, 9.17) is 4.74 Å². The molecular weight excluding hydrogens is 330 g/mol. The van der Waals surface area contributed by atoms with Gasteiger partial charge in [0.1, 0.15) is 5.75 Å². The Morgan fingerprint density at radius 2 is 1.88 bits per heavy atom. The van der Waals surface area contributed by atoms with Crippen LogP contribution in [0.1, 0.15) is 11.1 Å². The Morgan fingerprint density at radius 3 is 2.65 bits per heavy atom. The fourth-order valence-electron chi connectivity index (χ4n) is 1.99. The molecule has 0 spiro atoms. The highest BCUT2D eigenvalue weighted by atomic mass is 16.5. The van der Waals surface area contributed by atoms with Crippen LogP contribution < -0.4 is 15.5 Å². The van der Waals surface area contributed by atoms with Gasteiger partial charge in [0.15, 0.2) is 6.61 Å². The van der Waals surface area contributed by atoms with E-state index in [1.165, 1.54) is 6.21 Å². The Hall–Kier alpha value is -3.41. The van der Waals surface area contributed by atoms with Crippen molar-refractivity contribution in [2.75, 3.05) is 13.2 Å². The van der Waals surface area contributed by atoms with Crippen LogP contribution >= 0.6 is 0 Å². The second-order valence-electron chi connectivity index (χ2n) is 5.46. The van der Waals surface area contributed by atoms with Gasteiger partial charge in [0.05, 0.1) is 6.54 Å². The van der Waals surface area contributed by atoms with Gasteiger partial charge in [-0.25, -0.2) is 5.43 Å². The summed E-state index contributed by atoms with van der Waals surface area (Å²) in [5.74, 6) is -0.188. The summed E-state index contributed by atoms with van der Waals surface area (Å²) in [5.41, 5.74) is 4.41. The fraction of sp³-hybridized carbons (Fsp3) is 0.150. The van der Waals surface area contributed by atoms with E-state index < -0.39 is 5.91 Å². The molecule has 2 aromatic carbocycles. The van der Waals surface area contributed by atoms with Crippen molar-refractivity contribution in [3.05, 3.63) is 71.8 Å². The molecule has 0 heterocycles. The molecule has 26 heavy (non-hydrogen) atoms. The molecular formula is C20H21N3O3. The second-order valence-corrected chi connectivity index (χ2v) is 5.46. The van der Waals surface area contributed by atoms with Gasteiger partial charge in [0.2, 0.25) is 0 Å². The third kappa shape index (κ3) is 7.44. The highest BCUT2D eigenvalue weighted by Gasteiger charge is 2.05. The Kier molecular flexibility index (Phi) is 7.61. The smallest absolute Gasteiger partial charge is 0.259 e. The predicted octanol–water partition coefficient (Wildman–Crippen LogP) is 2.31. The zero-order chi connectivity index (χ0) is 18.6. The number of carbonyl (C=O) groups is 2. The van der Waals surface area contributed by atoms with Crippen molar-refractivity contribution < 1.29 is 14.3 Å². The number of allylic oxidation sites excluding steroid dienone is 1. The first-order valence-corrected chi connectivity index (χ1v) is 8.13. The van der Waals surface area contributed by atoms with Crippen LogP contribution in [0.5, 0.6) is 5.75 Å². The minimum Gasteiger partial charge on any atom is -0.484 e. The number of amides is 2. The summed E-state index contributed by atoms with van der Waals surface area (Å²) >= 11 is 0. The largest absolute Gasteiger partial charge is 0.484 e. The number of aryl methyl sites for hydroxylation is 1. The normalized spacial score (nSPS) is 10.8. The van der Waals surface area contributed by atoms with Crippen LogP contribution in [0, 0.1) is 6.92 Å². The SMILES string of the molecule is Cc1cccc(OCC(=O)NCC(=O)N/N=C\C=C\c2ccccc2)c1. The summed E-state index contributed by atoms with van der Waals surface area (Å²) in [6.07, 6.45) is 5.04. The number of hydrazone groups is 1. The van der Waals surface area contributed by atoms with Crippen LogP contribution in [0.3, 0.4) is 0 Å². The second kappa shape index (κ2) is 10.5. The zero-order valence-electron chi connectivity index (χ0n) is 14.5. The van der Waals surface area contributed by atoms with E-state index >= 15 is 0 Å². The van der Waals surface area contributed by atoms with Crippen molar-refractivity contribution in [2.24, 2.45) is 5.10 Å². The number of nitrogens with zero attached hydrogens (tertiary/aromatic N) is 1. The van der Waals surface area contributed by atoms with Gasteiger partial charge < -0.3 is 10.1 Å². The van der Waals surface area contributed by atoms with Crippen LogP contribution in [0.25, 0.3) is 6.08 Å². The molecule has 0 aliphatic heterocycles. The van der Waals surface area contributed by atoms with Crippen molar-refractivity contribution in [1.82, 2.24) is 10.7 Å². The molecule has 6 heteroatoms. The maximum Gasteiger partial charge on any atom is 0.259 e. The summed E-state index contributed by atoms with van der Waals surface area (Å²) in [4.78, 5) is 23.3. The quantitative estimate of drug-likeness (QED) is 0.566. The number of rotatable bonds is 8. The highest BCUT2D eigenvalue weighted by molar-refractivity contribution is 5.86. The molecule has 0 bridgehead atoms. The molecule has 0 fully saturated rings. The van der Waals surface area contributed by atoms with Crippen molar-refractivity contribution in [3.8, 4) is 5.75 Å². The number of ether oxygens (including phenoxy) is 1. The minimum absolute atomic E-state index is 0.153. The lowest BCUT2D eigenvalue weighted by molar-refractivity contribution is -0.127. The molecule has 0 saturated carbocycles. The van der Waals surface area contributed by atoms with Crippen LogP contribution in [0.4, 0.5) is 0 Å². The molecule has 2 amide bonds. The van der Waals surface area contributed by atoms with Crippen molar-refractivity contribution in [3.63, 3.8) is 0 Å². The first-order valence-electron chi connectivity index (χ1n) is 8.13. The van der Waals surface area contributed by atoms with Gasteiger partial charge in [0.25, 0.3) is 11.8 Å². The van der Waals surface area contributed by atoms with E-state index in [0.717, 1.165) is 11.1 Å². The lowest BCUT2D eigenvalue weighted by atomic mass is 10.2. The van der Waals surface area contributed by atoms with Gasteiger partial charge in [-0.3, -0.25) is 9.59 Å². The number of carbonyl (C=O) groups excluding carboxylic acids is 2.